The average molecular weight is 189 g/mol. The minimum atomic E-state index is -1.12. The van der Waals surface area contributed by atoms with Gasteiger partial charge in [0.1, 0.15) is 6.21 Å². The second kappa shape index (κ2) is 4.62. The van der Waals surface area contributed by atoms with Crippen LogP contribution < -0.4 is 5.43 Å². The summed E-state index contributed by atoms with van der Waals surface area (Å²) in [6, 6.07) is 8.46. The third kappa shape index (κ3) is 2.95. The van der Waals surface area contributed by atoms with Gasteiger partial charge in [-0.2, -0.15) is 10.4 Å². The maximum absolute atomic E-state index is 10.1. The van der Waals surface area contributed by atoms with E-state index in [2.05, 4.69) is 10.5 Å². The van der Waals surface area contributed by atoms with Gasteiger partial charge in [0.05, 0.1) is 17.3 Å². The van der Waals surface area contributed by atoms with Crippen molar-refractivity contribution in [3.05, 3.63) is 29.8 Å². The van der Waals surface area contributed by atoms with Crippen molar-refractivity contribution in [2.45, 2.75) is 0 Å². The van der Waals surface area contributed by atoms with Crippen LogP contribution in [0.3, 0.4) is 0 Å². The summed E-state index contributed by atoms with van der Waals surface area (Å²) in [5.74, 6) is -1.12. The molecule has 0 aliphatic rings. The highest BCUT2D eigenvalue weighted by molar-refractivity contribution is 6.22. The number of nitrogens with zero attached hydrogens (tertiary/aromatic N) is 2. The molecule has 2 N–H and O–H groups in total. The molecular formula is C9H7N3O2. The van der Waals surface area contributed by atoms with Crippen molar-refractivity contribution >= 4 is 17.9 Å². The second-order valence-electron chi connectivity index (χ2n) is 2.40. The summed E-state index contributed by atoms with van der Waals surface area (Å²) in [7, 11) is 0. The van der Waals surface area contributed by atoms with Crippen molar-refractivity contribution in [1.82, 2.24) is 0 Å². The fraction of sp³-hybridized carbons (Fsp3) is 0. The Balaban J connectivity index is 2.61. The Morgan fingerprint density at radius 3 is 2.64 bits per heavy atom. The zero-order valence-electron chi connectivity index (χ0n) is 7.14. The van der Waals surface area contributed by atoms with Gasteiger partial charge in [-0.3, -0.25) is 5.43 Å². The fourth-order valence-corrected chi connectivity index (χ4v) is 0.781. The summed E-state index contributed by atoms with van der Waals surface area (Å²) in [6.07, 6.45) is 0.748. The van der Waals surface area contributed by atoms with E-state index < -0.39 is 5.97 Å². The van der Waals surface area contributed by atoms with E-state index in [1.165, 1.54) is 0 Å². The van der Waals surface area contributed by atoms with E-state index in [0.29, 0.717) is 11.3 Å². The average Bonchev–Trinajstić information content (AvgIpc) is 2.18. The Bertz CT molecular complexity index is 390. The van der Waals surface area contributed by atoms with Crippen LogP contribution >= 0.6 is 0 Å². The molecule has 0 atom stereocenters. The molecule has 0 saturated carbocycles. The zero-order chi connectivity index (χ0) is 10.4. The van der Waals surface area contributed by atoms with Gasteiger partial charge in [0.15, 0.2) is 0 Å². The van der Waals surface area contributed by atoms with Gasteiger partial charge in [0.2, 0.25) is 0 Å². The molecule has 0 heterocycles. The Kier molecular flexibility index (Phi) is 3.21. The highest BCUT2D eigenvalue weighted by atomic mass is 16.4. The van der Waals surface area contributed by atoms with Crippen LogP contribution in [0.4, 0.5) is 5.69 Å². The largest absolute Gasteiger partial charge is 0.477 e. The summed E-state index contributed by atoms with van der Waals surface area (Å²) in [6.45, 7) is 0. The minimum Gasteiger partial charge on any atom is -0.477 e. The summed E-state index contributed by atoms with van der Waals surface area (Å²) >= 11 is 0. The van der Waals surface area contributed by atoms with Crippen molar-refractivity contribution in [1.29, 1.82) is 5.26 Å². The van der Waals surface area contributed by atoms with Gasteiger partial charge < -0.3 is 5.11 Å². The number of nitrogens with one attached hydrogen (secondary N) is 1. The summed E-state index contributed by atoms with van der Waals surface area (Å²) in [5, 5.41) is 20.2. The maximum atomic E-state index is 10.1. The number of carboxylic acid groups (broad SMARTS) is 1. The molecule has 0 radical (unpaired) electrons. The first kappa shape index (κ1) is 9.74. The van der Waals surface area contributed by atoms with Crippen LogP contribution in [0.5, 0.6) is 0 Å². The Labute approximate surface area is 80.3 Å². The second-order valence-corrected chi connectivity index (χ2v) is 2.40. The van der Waals surface area contributed by atoms with Gasteiger partial charge in [-0.25, -0.2) is 4.79 Å². The molecule has 0 spiro atoms. The lowest BCUT2D eigenvalue weighted by Crippen LogP contribution is -1.98. The number of aliphatic carboxylic acids is 1. The van der Waals surface area contributed by atoms with Crippen LogP contribution in [-0.4, -0.2) is 17.3 Å². The molecule has 1 aromatic rings. The van der Waals surface area contributed by atoms with Crippen LogP contribution in [0.2, 0.25) is 0 Å². The Hall–Kier alpha value is -2.35. The van der Waals surface area contributed by atoms with E-state index in [9.17, 15) is 4.79 Å². The monoisotopic (exact) mass is 189 g/mol. The molecule has 0 aromatic heterocycles. The van der Waals surface area contributed by atoms with E-state index in [1.54, 1.807) is 24.3 Å². The molecule has 0 aliphatic carbocycles. The number of benzene rings is 1. The number of hydrogen-bond acceptors (Lipinski definition) is 4. The lowest BCUT2D eigenvalue weighted by atomic mass is 10.2. The van der Waals surface area contributed by atoms with Crippen LogP contribution in [0.25, 0.3) is 0 Å². The molecule has 1 rings (SSSR count). The number of hydrogen-bond donors (Lipinski definition) is 2. The SMILES string of the molecule is N#Cc1ccc(N/N=C\C(=O)O)cc1. The number of anilines is 1. The topological polar surface area (TPSA) is 85.5 Å². The van der Waals surface area contributed by atoms with Crippen LogP contribution in [-0.2, 0) is 4.79 Å². The van der Waals surface area contributed by atoms with Crippen LogP contribution in [0.1, 0.15) is 5.56 Å². The number of rotatable bonds is 3. The fourth-order valence-electron chi connectivity index (χ4n) is 0.781. The van der Waals surface area contributed by atoms with Crippen molar-refractivity contribution in [3.63, 3.8) is 0 Å². The Morgan fingerprint density at radius 2 is 2.14 bits per heavy atom. The summed E-state index contributed by atoms with van der Waals surface area (Å²) in [5.41, 5.74) is 3.67. The van der Waals surface area contributed by atoms with Crippen molar-refractivity contribution in [2.24, 2.45) is 5.10 Å². The van der Waals surface area contributed by atoms with Crippen LogP contribution in [0, 0.1) is 11.3 Å². The number of hydrazone groups is 1. The maximum Gasteiger partial charge on any atom is 0.348 e. The molecule has 0 bridgehead atoms. The molecule has 0 fully saturated rings. The predicted molar refractivity (Wildman–Crippen MR) is 50.9 cm³/mol. The molecule has 0 unspecified atom stereocenters. The minimum absolute atomic E-state index is 0.540. The van der Waals surface area contributed by atoms with Crippen LogP contribution in [0.15, 0.2) is 29.4 Å². The van der Waals surface area contributed by atoms with Gasteiger partial charge in [-0.05, 0) is 24.3 Å². The number of carbonyl (C=O) groups is 1. The van der Waals surface area contributed by atoms with E-state index >= 15 is 0 Å². The van der Waals surface area contributed by atoms with Gasteiger partial charge in [-0.15, -0.1) is 0 Å². The first-order valence-electron chi connectivity index (χ1n) is 3.74. The third-order valence-electron chi connectivity index (χ3n) is 1.38. The van der Waals surface area contributed by atoms with E-state index in [0.717, 1.165) is 6.21 Å². The highest BCUT2D eigenvalue weighted by Crippen LogP contribution is 2.07. The normalized spacial score (nSPS) is 9.64. The lowest BCUT2D eigenvalue weighted by Gasteiger charge is -1.97. The lowest BCUT2D eigenvalue weighted by molar-refractivity contribution is -0.128. The first-order valence-corrected chi connectivity index (χ1v) is 3.74. The molecule has 0 amide bonds. The third-order valence-corrected chi connectivity index (χ3v) is 1.38. The molecule has 0 saturated heterocycles. The highest BCUT2D eigenvalue weighted by Gasteiger charge is 1.91. The van der Waals surface area contributed by atoms with Crippen molar-refractivity contribution in [2.75, 3.05) is 5.43 Å². The smallest absolute Gasteiger partial charge is 0.348 e. The summed E-state index contributed by atoms with van der Waals surface area (Å²) < 4.78 is 0. The number of carboxylic acids is 1. The van der Waals surface area contributed by atoms with Gasteiger partial charge in [-0.1, -0.05) is 0 Å². The number of nitriles is 1. The van der Waals surface area contributed by atoms with Gasteiger partial charge >= 0.3 is 5.97 Å². The van der Waals surface area contributed by atoms with Gasteiger partial charge in [0, 0.05) is 0 Å². The summed E-state index contributed by atoms with van der Waals surface area (Å²) in [4.78, 5) is 10.1. The Morgan fingerprint density at radius 1 is 1.50 bits per heavy atom. The molecule has 5 nitrogen and oxygen atoms in total. The molecule has 1 aromatic carbocycles. The molecule has 70 valence electrons. The van der Waals surface area contributed by atoms with Crippen molar-refractivity contribution in [3.8, 4) is 6.07 Å². The molecule has 0 aliphatic heterocycles. The van der Waals surface area contributed by atoms with Gasteiger partial charge in [0.25, 0.3) is 0 Å². The molecular weight excluding hydrogens is 182 g/mol. The quantitative estimate of drug-likeness (QED) is 0.549. The zero-order valence-corrected chi connectivity index (χ0v) is 7.14. The molecule has 5 heteroatoms. The van der Waals surface area contributed by atoms with Crippen molar-refractivity contribution < 1.29 is 9.90 Å². The standard InChI is InChI=1S/C9H7N3O2/c10-5-7-1-3-8(4-2-7)12-11-6-9(13)14/h1-4,6,12H,(H,13,14)/b11-6-. The van der Waals surface area contributed by atoms with E-state index in [4.69, 9.17) is 10.4 Å². The predicted octanol–water partition coefficient (Wildman–Crippen LogP) is 1.04. The van der Waals surface area contributed by atoms with E-state index in [-0.39, 0.29) is 0 Å². The first-order chi connectivity index (χ1) is 6.72. The van der Waals surface area contributed by atoms with E-state index in [1.807, 2.05) is 6.07 Å². The molecule has 14 heavy (non-hydrogen) atoms.